The van der Waals surface area contributed by atoms with Gasteiger partial charge in [0.2, 0.25) is 5.82 Å². The molecule has 0 saturated carbocycles. The van der Waals surface area contributed by atoms with Gasteiger partial charge in [-0.2, -0.15) is 10.5 Å². The van der Waals surface area contributed by atoms with E-state index in [-0.39, 0.29) is 17.5 Å². The molecule has 2 N–H and O–H groups in total. The number of rotatable bonds is 5. The van der Waals surface area contributed by atoms with E-state index in [2.05, 4.69) is 41.9 Å². The van der Waals surface area contributed by atoms with E-state index in [1.807, 2.05) is 38.1 Å². The molecule has 0 aliphatic heterocycles. The second-order valence-corrected chi connectivity index (χ2v) is 5.27. The number of H-pyrrole nitrogens is 1. The molecule has 7 nitrogen and oxygen atoms in total. The molecule has 0 unspecified atom stereocenters. The number of tetrazole rings is 1. The lowest BCUT2D eigenvalue weighted by molar-refractivity contribution is 0.243. The predicted octanol–water partition coefficient (Wildman–Crippen LogP) is 2.73. The van der Waals surface area contributed by atoms with Crippen molar-refractivity contribution in [2.45, 2.75) is 20.0 Å². The zero-order valence-corrected chi connectivity index (χ0v) is 13.0. The van der Waals surface area contributed by atoms with Crippen LogP contribution in [0.25, 0.3) is 5.57 Å². The molecule has 0 amide bonds. The molecular formula is C13H13BrN6O. The lowest BCUT2D eigenvalue weighted by Gasteiger charge is -2.14. The van der Waals surface area contributed by atoms with Crippen LogP contribution in [0.4, 0.5) is 5.69 Å². The minimum Gasteiger partial charge on any atom is -0.489 e. The molecule has 0 aliphatic rings. The van der Waals surface area contributed by atoms with E-state index in [0.29, 0.717) is 5.75 Å². The SMILES string of the molecule is CC(C)Oc1cc(Br)ccc1NC=C(C#N)c1nn[nH]n1. The van der Waals surface area contributed by atoms with Gasteiger partial charge in [0.25, 0.3) is 0 Å². The number of hydrogen-bond acceptors (Lipinski definition) is 6. The zero-order valence-electron chi connectivity index (χ0n) is 11.5. The topological polar surface area (TPSA) is 99.5 Å². The molecule has 0 atom stereocenters. The number of nitrogens with zero attached hydrogens (tertiary/aromatic N) is 4. The van der Waals surface area contributed by atoms with Crippen molar-refractivity contribution in [1.29, 1.82) is 5.26 Å². The number of benzene rings is 1. The second-order valence-electron chi connectivity index (χ2n) is 4.36. The van der Waals surface area contributed by atoms with Crippen LogP contribution < -0.4 is 10.1 Å². The first-order chi connectivity index (χ1) is 10.1. The summed E-state index contributed by atoms with van der Waals surface area (Å²) in [5.41, 5.74) is 1.00. The number of allylic oxidation sites excluding steroid dienone is 1. The maximum atomic E-state index is 9.12. The van der Waals surface area contributed by atoms with Crippen LogP contribution in [0.2, 0.25) is 0 Å². The van der Waals surface area contributed by atoms with Gasteiger partial charge in [0, 0.05) is 10.7 Å². The summed E-state index contributed by atoms with van der Waals surface area (Å²) in [5.74, 6) is 0.912. The minimum atomic E-state index is 0.0384. The van der Waals surface area contributed by atoms with Gasteiger partial charge in [0.05, 0.1) is 11.8 Å². The van der Waals surface area contributed by atoms with E-state index < -0.39 is 0 Å². The van der Waals surface area contributed by atoms with E-state index in [1.165, 1.54) is 6.20 Å². The van der Waals surface area contributed by atoms with Crippen molar-refractivity contribution in [2.75, 3.05) is 5.32 Å². The Bertz CT molecular complexity index is 674. The third-order valence-electron chi connectivity index (χ3n) is 2.39. The van der Waals surface area contributed by atoms with Gasteiger partial charge in [-0.15, -0.1) is 10.2 Å². The molecule has 108 valence electrons. The summed E-state index contributed by atoms with van der Waals surface area (Å²) in [7, 11) is 0. The first kappa shape index (κ1) is 15.0. The van der Waals surface area contributed by atoms with E-state index in [0.717, 1.165) is 10.2 Å². The van der Waals surface area contributed by atoms with Crippen molar-refractivity contribution in [3.05, 3.63) is 34.7 Å². The van der Waals surface area contributed by atoms with Gasteiger partial charge in [-0.1, -0.05) is 15.9 Å². The number of hydrogen-bond donors (Lipinski definition) is 2. The molecule has 0 bridgehead atoms. The number of nitrogens with one attached hydrogen (secondary N) is 2. The smallest absolute Gasteiger partial charge is 0.216 e. The molecule has 2 rings (SSSR count). The molecule has 1 heterocycles. The molecule has 0 fully saturated rings. The minimum absolute atomic E-state index is 0.0384. The maximum absolute atomic E-state index is 9.12. The van der Waals surface area contributed by atoms with Gasteiger partial charge in [-0.05, 0) is 37.3 Å². The molecule has 8 heteroatoms. The number of aromatic amines is 1. The summed E-state index contributed by atoms with van der Waals surface area (Å²) in [5, 5.41) is 25.4. The van der Waals surface area contributed by atoms with Crippen LogP contribution in [0.15, 0.2) is 28.9 Å². The number of ether oxygens (including phenoxy) is 1. The predicted molar refractivity (Wildman–Crippen MR) is 81.3 cm³/mol. The van der Waals surface area contributed by atoms with Crippen LogP contribution in [0, 0.1) is 11.3 Å². The standard InChI is InChI=1S/C13H13BrN6O/c1-8(2)21-12-5-10(14)3-4-11(12)16-7-9(6-15)13-17-19-20-18-13/h3-5,7-8,16H,1-2H3,(H,17,18,19,20). The Kier molecular flexibility index (Phi) is 4.90. The molecule has 21 heavy (non-hydrogen) atoms. The van der Waals surface area contributed by atoms with Crippen molar-refractivity contribution >= 4 is 27.2 Å². The Labute approximate surface area is 130 Å². The molecule has 0 spiro atoms. The van der Waals surface area contributed by atoms with Crippen molar-refractivity contribution in [1.82, 2.24) is 20.6 Å². The van der Waals surface area contributed by atoms with E-state index in [4.69, 9.17) is 10.00 Å². The normalized spacial score (nSPS) is 11.3. The van der Waals surface area contributed by atoms with E-state index in [9.17, 15) is 0 Å². The highest BCUT2D eigenvalue weighted by atomic mass is 79.9. The van der Waals surface area contributed by atoms with Crippen LogP contribution in [0.5, 0.6) is 5.75 Å². The molecule has 0 aliphatic carbocycles. The van der Waals surface area contributed by atoms with Crippen LogP contribution in [-0.2, 0) is 0 Å². The van der Waals surface area contributed by atoms with Gasteiger partial charge >= 0.3 is 0 Å². The highest BCUT2D eigenvalue weighted by molar-refractivity contribution is 9.10. The van der Waals surface area contributed by atoms with Crippen LogP contribution in [0.1, 0.15) is 19.7 Å². The first-order valence-corrected chi connectivity index (χ1v) is 6.96. The van der Waals surface area contributed by atoms with Gasteiger partial charge < -0.3 is 10.1 Å². The number of halogens is 1. The zero-order chi connectivity index (χ0) is 15.2. The third-order valence-corrected chi connectivity index (χ3v) is 2.88. The Morgan fingerprint density at radius 3 is 2.95 bits per heavy atom. The number of aromatic nitrogens is 4. The van der Waals surface area contributed by atoms with E-state index in [1.54, 1.807) is 0 Å². The molecule has 1 aromatic carbocycles. The van der Waals surface area contributed by atoms with Gasteiger partial charge in [-0.3, -0.25) is 0 Å². The van der Waals surface area contributed by atoms with Crippen LogP contribution >= 0.6 is 15.9 Å². The molecule has 0 saturated heterocycles. The van der Waals surface area contributed by atoms with Crippen molar-refractivity contribution < 1.29 is 4.74 Å². The highest BCUT2D eigenvalue weighted by Crippen LogP contribution is 2.29. The van der Waals surface area contributed by atoms with Crippen molar-refractivity contribution in [2.24, 2.45) is 0 Å². The number of nitriles is 1. The fraction of sp³-hybridized carbons (Fsp3) is 0.231. The van der Waals surface area contributed by atoms with Crippen molar-refractivity contribution in [3.63, 3.8) is 0 Å². The summed E-state index contributed by atoms with van der Waals surface area (Å²) in [6.45, 7) is 3.89. The van der Waals surface area contributed by atoms with Crippen LogP contribution in [0.3, 0.4) is 0 Å². The van der Waals surface area contributed by atoms with Crippen molar-refractivity contribution in [3.8, 4) is 11.8 Å². The molecule has 1 aromatic heterocycles. The average Bonchev–Trinajstić information content (AvgIpc) is 2.95. The van der Waals surface area contributed by atoms with E-state index >= 15 is 0 Å². The Hall–Kier alpha value is -2.40. The molecule has 2 aromatic rings. The summed E-state index contributed by atoms with van der Waals surface area (Å²) >= 11 is 3.40. The van der Waals surface area contributed by atoms with Gasteiger partial charge in [-0.25, -0.2) is 0 Å². The fourth-order valence-corrected chi connectivity index (χ4v) is 1.88. The van der Waals surface area contributed by atoms with Gasteiger partial charge in [0.1, 0.15) is 17.4 Å². The monoisotopic (exact) mass is 348 g/mol. The Morgan fingerprint density at radius 2 is 2.33 bits per heavy atom. The summed E-state index contributed by atoms with van der Waals surface area (Å²) in [6.07, 6.45) is 1.55. The maximum Gasteiger partial charge on any atom is 0.216 e. The molecular weight excluding hydrogens is 336 g/mol. The van der Waals surface area contributed by atoms with Gasteiger partial charge in [0.15, 0.2) is 0 Å². The number of anilines is 1. The lowest BCUT2D eigenvalue weighted by atomic mass is 10.2. The summed E-state index contributed by atoms with van der Waals surface area (Å²) in [6, 6.07) is 7.60. The fourth-order valence-electron chi connectivity index (χ4n) is 1.54. The third kappa shape index (κ3) is 4.03. The Morgan fingerprint density at radius 1 is 1.52 bits per heavy atom. The summed E-state index contributed by atoms with van der Waals surface area (Å²) < 4.78 is 6.64. The quantitative estimate of drug-likeness (QED) is 0.805. The average molecular weight is 349 g/mol. The lowest BCUT2D eigenvalue weighted by Crippen LogP contribution is -2.07. The first-order valence-electron chi connectivity index (χ1n) is 6.17. The highest BCUT2D eigenvalue weighted by Gasteiger charge is 2.08. The Balaban J connectivity index is 2.25. The molecule has 0 radical (unpaired) electrons. The summed E-state index contributed by atoms with van der Waals surface area (Å²) in [4.78, 5) is 0. The second kappa shape index (κ2) is 6.85. The van der Waals surface area contributed by atoms with Crippen LogP contribution in [-0.4, -0.2) is 26.7 Å². The largest absolute Gasteiger partial charge is 0.489 e.